The van der Waals surface area contributed by atoms with Gasteiger partial charge in [0.2, 0.25) is 0 Å². The summed E-state index contributed by atoms with van der Waals surface area (Å²) in [6.07, 6.45) is -0.120. The largest absolute Gasteiger partial charge is 0.481 e. The third kappa shape index (κ3) is 3.85. The third-order valence-corrected chi connectivity index (χ3v) is 4.45. The van der Waals surface area contributed by atoms with E-state index in [1.54, 1.807) is 19.2 Å². The van der Waals surface area contributed by atoms with Crippen LogP contribution < -0.4 is 11.1 Å². The van der Waals surface area contributed by atoms with Gasteiger partial charge in [0.1, 0.15) is 11.7 Å². The number of aromatic nitrogens is 2. The smallest absolute Gasteiger partial charge is 0.305 e. The van der Waals surface area contributed by atoms with Crippen molar-refractivity contribution in [1.82, 2.24) is 14.9 Å². The number of fused-ring (bicyclic) bond motifs is 1. The van der Waals surface area contributed by atoms with Gasteiger partial charge in [-0.25, -0.2) is 4.98 Å². The van der Waals surface area contributed by atoms with Crippen molar-refractivity contribution in [3.8, 4) is 11.4 Å². The predicted octanol–water partition coefficient (Wildman–Crippen LogP) is 1.78. The van der Waals surface area contributed by atoms with Gasteiger partial charge in [0, 0.05) is 37.3 Å². The first kappa shape index (κ1) is 19.1. The standard InChI is InChI=1S/C20H21N5O3/c1-22-18(21)12-3-5-13(6-4-12)19-24-15-11-14(7-8-16(15)25(19)2)20(28)23-10-9-17(26)27/h3-8,11H,9-10H2,1-2H3,(H2,21,22)(H,23,28)(H,26,27). The van der Waals surface area contributed by atoms with E-state index < -0.39 is 5.97 Å². The Labute approximate surface area is 161 Å². The zero-order chi connectivity index (χ0) is 20.3. The average molecular weight is 379 g/mol. The lowest BCUT2D eigenvalue weighted by atomic mass is 10.1. The normalized spacial score (nSPS) is 11.6. The van der Waals surface area contributed by atoms with E-state index in [1.165, 1.54) is 0 Å². The van der Waals surface area contributed by atoms with Gasteiger partial charge < -0.3 is 20.7 Å². The highest BCUT2D eigenvalue weighted by Crippen LogP contribution is 2.24. The van der Waals surface area contributed by atoms with E-state index in [1.807, 2.05) is 41.9 Å². The second-order valence-corrected chi connectivity index (χ2v) is 6.28. The Morgan fingerprint density at radius 2 is 1.86 bits per heavy atom. The quantitative estimate of drug-likeness (QED) is 0.445. The van der Waals surface area contributed by atoms with Crippen LogP contribution in [0.4, 0.5) is 0 Å². The molecular weight excluding hydrogens is 358 g/mol. The molecule has 4 N–H and O–H groups in total. The van der Waals surface area contributed by atoms with E-state index in [2.05, 4.69) is 15.3 Å². The summed E-state index contributed by atoms with van der Waals surface area (Å²) in [5, 5.41) is 11.3. The van der Waals surface area contributed by atoms with Crippen molar-refractivity contribution in [3.63, 3.8) is 0 Å². The zero-order valence-electron chi connectivity index (χ0n) is 15.6. The van der Waals surface area contributed by atoms with Crippen molar-refractivity contribution in [2.45, 2.75) is 6.42 Å². The Morgan fingerprint density at radius 1 is 1.18 bits per heavy atom. The van der Waals surface area contributed by atoms with Crippen molar-refractivity contribution in [2.75, 3.05) is 13.6 Å². The molecule has 0 unspecified atom stereocenters. The summed E-state index contributed by atoms with van der Waals surface area (Å²) in [4.78, 5) is 31.4. The zero-order valence-corrected chi connectivity index (χ0v) is 15.6. The van der Waals surface area contributed by atoms with Crippen LogP contribution in [0.2, 0.25) is 0 Å². The summed E-state index contributed by atoms with van der Waals surface area (Å²) < 4.78 is 1.95. The Morgan fingerprint density at radius 3 is 2.50 bits per heavy atom. The predicted molar refractivity (Wildman–Crippen MR) is 107 cm³/mol. The number of aliphatic imine (C=N–C) groups is 1. The molecule has 2 aromatic carbocycles. The SMILES string of the molecule is CN=C(N)c1ccc(-c2nc3cc(C(=O)NCCC(=O)O)ccc3n2C)cc1. The number of hydrogen-bond donors (Lipinski definition) is 3. The molecule has 0 bridgehead atoms. The molecule has 0 aliphatic heterocycles. The fourth-order valence-electron chi connectivity index (χ4n) is 2.90. The van der Waals surface area contributed by atoms with Gasteiger partial charge in [-0.3, -0.25) is 14.6 Å². The van der Waals surface area contributed by atoms with Crippen LogP contribution in [0, 0.1) is 0 Å². The summed E-state index contributed by atoms with van der Waals surface area (Å²) in [7, 11) is 3.55. The van der Waals surface area contributed by atoms with Crippen molar-refractivity contribution >= 4 is 28.7 Å². The summed E-state index contributed by atoms with van der Waals surface area (Å²) in [5.74, 6) is -0.0516. The van der Waals surface area contributed by atoms with Gasteiger partial charge in [-0.05, 0) is 18.2 Å². The molecule has 0 aliphatic rings. The van der Waals surface area contributed by atoms with Crippen molar-refractivity contribution in [1.29, 1.82) is 0 Å². The molecule has 1 aromatic heterocycles. The second kappa shape index (κ2) is 7.91. The van der Waals surface area contributed by atoms with E-state index >= 15 is 0 Å². The molecule has 0 radical (unpaired) electrons. The molecule has 1 amide bonds. The molecule has 28 heavy (non-hydrogen) atoms. The molecule has 0 saturated heterocycles. The molecule has 0 aliphatic carbocycles. The number of carboxylic acids is 1. The molecule has 0 atom stereocenters. The molecule has 0 saturated carbocycles. The molecule has 3 rings (SSSR count). The van der Waals surface area contributed by atoms with Crippen molar-refractivity contribution in [2.24, 2.45) is 17.8 Å². The van der Waals surface area contributed by atoms with Crippen LogP contribution in [0.5, 0.6) is 0 Å². The number of rotatable bonds is 6. The van der Waals surface area contributed by atoms with Gasteiger partial charge >= 0.3 is 5.97 Å². The lowest BCUT2D eigenvalue weighted by Crippen LogP contribution is -2.25. The fraction of sp³-hybridized carbons (Fsp3) is 0.200. The Kier molecular flexibility index (Phi) is 5.39. The molecule has 1 heterocycles. The van der Waals surface area contributed by atoms with Gasteiger partial charge in [0.15, 0.2) is 0 Å². The average Bonchev–Trinajstić information content (AvgIpc) is 3.03. The monoisotopic (exact) mass is 379 g/mol. The Hall–Kier alpha value is -3.68. The number of carbonyl (C=O) groups excluding carboxylic acids is 1. The Bertz CT molecular complexity index is 1070. The maximum Gasteiger partial charge on any atom is 0.305 e. The number of nitrogens with two attached hydrogens (primary N) is 1. The van der Waals surface area contributed by atoms with Crippen LogP contribution in [0.25, 0.3) is 22.4 Å². The molecule has 8 nitrogen and oxygen atoms in total. The topological polar surface area (TPSA) is 123 Å². The number of amidine groups is 1. The fourth-order valence-corrected chi connectivity index (χ4v) is 2.90. The minimum absolute atomic E-state index is 0.0796. The van der Waals surface area contributed by atoms with E-state index in [0.717, 1.165) is 22.5 Å². The minimum Gasteiger partial charge on any atom is -0.481 e. The maximum atomic E-state index is 12.2. The maximum absolute atomic E-state index is 12.2. The number of amides is 1. The number of benzene rings is 2. The van der Waals surface area contributed by atoms with Gasteiger partial charge in [-0.2, -0.15) is 0 Å². The van der Waals surface area contributed by atoms with E-state index in [4.69, 9.17) is 10.8 Å². The van der Waals surface area contributed by atoms with Crippen LogP contribution in [0.3, 0.4) is 0 Å². The van der Waals surface area contributed by atoms with Gasteiger partial charge in [0.25, 0.3) is 5.91 Å². The number of aryl methyl sites for hydroxylation is 1. The van der Waals surface area contributed by atoms with E-state index in [9.17, 15) is 9.59 Å². The third-order valence-electron chi connectivity index (χ3n) is 4.45. The highest BCUT2D eigenvalue weighted by molar-refractivity contribution is 5.99. The van der Waals surface area contributed by atoms with E-state index in [0.29, 0.717) is 16.9 Å². The lowest BCUT2D eigenvalue weighted by Gasteiger charge is -2.05. The number of carboxylic acid groups (broad SMARTS) is 1. The number of imidazole rings is 1. The number of carbonyl (C=O) groups is 2. The van der Waals surface area contributed by atoms with Crippen LogP contribution >= 0.6 is 0 Å². The second-order valence-electron chi connectivity index (χ2n) is 6.28. The molecule has 144 valence electrons. The number of hydrogen-bond acceptors (Lipinski definition) is 4. The first-order valence-corrected chi connectivity index (χ1v) is 8.70. The molecular formula is C20H21N5O3. The van der Waals surface area contributed by atoms with Crippen LogP contribution in [-0.4, -0.2) is 46.0 Å². The summed E-state index contributed by atoms with van der Waals surface area (Å²) in [5.41, 5.74) is 9.59. The number of nitrogens with one attached hydrogen (secondary N) is 1. The van der Waals surface area contributed by atoms with Crippen LogP contribution in [-0.2, 0) is 11.8 Å². The van der Waals surface area contributed by atoms with Crippen LogP contribution in [0.15, 0.2) is 47.5 Å². The first-order valence-electron chi connectivity index (χ1n) is 8.70. The Balaban J connectivity index is 1.88. The van der Waals surface area contributed by atoms with Crippen molar-refractivity contribution in [3.05, 3.63) is 53.6 Å². The minimum atomic E-state index is -0.955. The van der Waals surface area contributed by atoms with Gasteiger partial charge in [-0.1, -0.05) is 24.3 Å². The van der Waals surface area contributed by atoms with E-state index in [-0.39, 0.29) is 18.9 Å². The first-order chi connectivity index (χ1) is 13.4. The summed E-state index contributed by atoms with van der Waals surface area (Å²) in [6, 6.07) is 12.9. The van der Waals surface area contributed by atoms with Crippen LogP contribution in [0.1, 0.15) is 22.3 Å². The highest BCUT2D eigenvalue weighted by Gasteiger charge is 2.13. The molecule has 3 aromatic rings. The van der Waals surface area contributed by atoms with Crippen molar-refractivity contribution < 1.29 is 14.7 Å². The highest BCUT2D eigenvalue weighted by atomic mass is 16.4. The lowest BCUT2D eigenvalue weighted by molar-refractivity contribution is -0.136. The summed E-state index contributed by atoms with van der Waals surface area (Å²) >= 11 is 0. The molecule has 8 heteroatoms. The summed E-state index contributed by atoms with van der Waals surface area (Å²) in [6.45, 7) is 0.0796. The molecule has 0 fully saturated rings. The number of nitrogens with zero attached hydrogens (tertiary/aromatic N) is 3. The van der Waals surface area contributed by atoms with Gasteiger partial charge in [0.05, 0.1) is 17.5 Å². The number of aliphatic carboxylic acids is 1. The van der Waals surface area contributed by atoms with Gasteiger partial charge in [-0.15, -0.1) is 0 Å². The molecule has 0 spiro atoms.